The van der Waals surface area contributed by atoms with Crippen molar-refractivity contribution in [1.29, 1.82) is 0 Å². The van der Waals surface area contributed by atoms with Gasteiger partial charge in [-0.1, -0.05) is 19.1 Å². The Hall–Kier alpha value is -3.28. The van der Waals surface area contributed by atoms with Gasteiger partial charge in [0.1, 0.15) is 0 Å². The van der Waals surface area contributed by atoms with Crippen LogP contribution in [0.25, 0.3) is 11.0 Å². The topological polar surface area (TPSA) is 99.8 Å². The number of hydrogen-bond donors (Lipinski definition) is 3. The van der Waals surface area contributed by atoms with Crippen LogP contribution in [0.1, 0.15) is 23.6 Å². The van der Waals surface area contributed by atoms with E-state index in [0.717, 1.165) is 12.0 Å². The number of rotatable bonds is 4. The maximum Gasteiger partial charge on any atom is 0.340 e. The number of aromatic hydroxyl groups is 2. The number of hydrogen-bond acceptors (Lipinski definition) is 5. The van der Waals surface area contributed by atoms with Gasteiger partial charge in [0.05, 0.1) is 12.0 Å². The summed E-state index contributed by atoms with van der Waals surface area (Å²) in [7, 11) is 0. The Balaban J connectivity index is 1.89. The minimum Gasteiger partial charge on any atom is -0.504 e. The van der Waals surface area contributed by atoms with E-state index in [9.17, 15) is 19.8 Å². The van der Waals surface area contributed by atoms with E-state index in [1.165, 1.54) is 12.1 Å². The van der Waals surface area contributed by atoms with Crippen LogP contribution in [-0.2, 0) is 17.6 Å². The number of amides is 1. The Labute approximate surface area is 149 Å². The quantitative estimate of drug-likeness (QED) is 0.494. The molecule has 3 N–H and O–H groups in total. The second-order valence-electron chi connectivity index (χ2n) is 6.08. The van der Waals surface area contributed by atoms with Gasteiger partial charge in [-0.2, -0.15) is 0 Å². The lowest BCUT2D eigenvalue weighted by molar-refractivity contribution is -0.115. The molecule has 0 radical (unpaired) electrons. The lowest BCUT2D eigenvalue weighted by Crippen LogP contribution is -2.20. The summed E-state index contributed by atoms with van der Waals surface area (Å²) in [6, 6.07) is 10.3. The Morgan fingerprint density at radius 3 is 2.46 bits per heavy atom. The van der Waals surface area contributed by atoms with Gasteiger partial charge >= 0.3 is 5.63 Å². The van der Waals surface area contributed by atoms with Crippen molar-refractivity contribution in [2.24, 2.45) is 0 Å². The largest absolute Gasteiger partial charge is 0.504 e. The zero-order chi connectivity index (χ0) is 18.8. The fourth-order valence-electron chi connectivity index (χ4n) is 2.82. The van der Waals surface area contributed by atoms with Crippen molar-refractivity contribution < 1.29 is 19.4 Å². The standard InChI is InChI=1S/C20H19NO5/c1-3-12-4-6-13(7-5-12)21-17(23)10-15-11(2)14-8-9-16(22)18(24)19(14)26-20(15)25/h4-9,22,24H,3,10H2,1-2H3,(H,21,23). The molecule has 0 unspecified atom stereocenters. The van der Waals surface area contributed by atoms with Gasteiger partial charge in [0.25, 0.3) is 0 Å². The fraction of sp³-hybridized carbons (Fsp3) is 0.200. The van der Waals surface area contributed by atoms with Crippen LogP contribution < -0.4 is 10.9 Å². The van der Waals surface area contributed by atoms with Crippen LogP contribution in [0.3, 0.4) is 0 Å². The maximum absolute atomic E-state index is 12.3. The van der Waals surface area contributed by atoms with E-state index in [2.05, 4.69) is 5.32 Å². The maximum atomic E-state index is 12.3. The van der Waals surface area contributed by atoms with Crippen molar-refractivity contribution >= 4 is 22.6 Å². The van der Waals surface area contributed by atoms with Gasteiger partial charge in [0, 0.05) is 11.1 Å². The van der Waals surface area contributed by atoms with E-state index in [-0.39, 0.29) is 29.2 Å². The second kappa shape index (κ2) is 6.92. The van der Waals surface area contributed by atoms with E-state index in [0.29, 0.717) is 16.6 Å². The van der Waals surface area contributed by atoms with Gasteiger partial charge in [0.2, 0.25) is 11.7 Å². The molecule has 0 saturated heterocycles. The summed E-state index contributed by atoms with van der Waals surface area (Å²) in [5, 5.41) is 22.6. The van der Waals surface area contributed by atoms with Gasteiger partial charge < -0.3 is 19.9 Å². The molecule has 1 aromatic heterocycles. The minimum absolute atomic E-state index is 0.0909. The first-order valence-electron chi connectivity index (χ1n) is 8.26. The molecule has 3 aromatic rings. The van der Waals surface area contributed by atoms with E-state index in [4.69, 9.17) is 4.42 Å². The lowest BCUT2D eigenvalue weighted by atomic mass is 10.0. The van der Waals surface area contributed by atoms with Crippen molar-refractivity contribution in [3.8, 4) is 11.5 Å². The number of aryl methyl sites for hydroxylation is 2. The van der Waals surface area contributed by atoms with Crippen LogP contribution in [-0.4, -0.2) is 16.1 Å². The van der Waals surface area contributed by atoms with Crippen molar-refractivity contribution in [2.75, 3.05) is 5.32 Å². The third kappa shape index (κ3) is 3.26. The van der Waals surface area contributed by atoms with Crippen LogP contribution in [0, 0.1) is 6.92 Å². The molecule has 0 aliphatic rings. The predicted octanol–water partition coefficient (Wildman–Crippen LogP) is 3.26. The molecular formula is C20H19NO5. The molecule has 0 aliphatic carbocycles. The number of nitrogens with one attached hydrogen (secondary N) is 1. The SMILES string of the molecule is CCc1ccc(NC(=O)Cc2c(C)c3ccc(O)c(O)c3oc2=O)cc1. The van der Waals surface area contributed by atoms with Gasteiger partial charge in [-0.15, -0.1) is 0 Å². The smallest absolute Gasteiger partial charge is 0.340 e. The molecule has 3 rings (SSSR count). The van der Waals surface area contributed by atoms with Crippen molar-refractivity contribution in [3.63, 3.8) is 0 Å². The third-order valence-corrected chi connectivity index (χ3v) is 4.39. The molecular weight excluding hydrogens is 334 g/mol. The van der Waals surface area contributed by atoms with E-state index in [1.54, 1.807) is 6.92 Å². The monoisotopic (exact) mass is 353 g/mol. The Morgan fingerprint density at radius 1 is 1.12 bits per heavy atom. The molecule has 0 atom stereocenters. The number of carbonyl (C=O) groups is 1. The van der Waals surface area contributed by atoms with E-state index in [1.807, 2.05) is 31.2 Å². The molecule has 2 aromatic carbocycles. The zero-order valence-electron chi connectivity index (χ0n) is 14.5. The second-order valence-corrected chi connectivity index (χ2v) is 6.08. The van der Waals surface area contributed by atoms with E-state index < -0.39 is 11.4 Å². The first-order chi connectivity index (χ1) is 12.4. The highest BCUT2D eigenvalue weighted by Crippen LogP contribution is 2.34. The van der Waals surface area contributed by atoms with Crippen molar-refractivity contribution in [1.82, 2.24) is 0 Å². The molecule has 26 heavy (non-hydrogen) atoms. The van der Waals surface area contributed by atoms with Crippen molar-refractivity contribution in [3.05, 3.63) is 63.5 Å². The molecule has 1 amide bonds. The molecule has 0 aliphatic heterocycles. The van der Waals surface area contributed by atoms with Gasteiger partial charge in [0.15, 0.2) is 11.3 Å². The predicted molar refractivity (Wildman–Crippen MR) is 98.7 cm³/mol. The normalized spacial score (nSPS) is 10.8. The molecule has 134 valence electrons. The zero-order valence-corrected chi connectivity index (χ0v) is 14.5. The first-order valence-corrected chi connectivity index (χ1v) is 8.26. The Bertz CT molecular complexity index is 1030. The summed E-state index contributed by atoms with van der Waals surface area (Å²) in [6.07, 6.45) is 0.759. The van der Waals surface area contributed by atoms with Crippen LogP contribution >= 0.6 is 0 Å². The molecule has 0 spiro atoms. The highest BCUT2D eigenvalue weighted by Gasteiger charge is 2.18. The number of phenolic OH excluding ortho intramolecular Hbond substituents is 2. The average Bonchev–Trinajstić information content (AvgIpc) is 2.63. The summed E-state index contributed by atoms with van der Waals surface area (Å²) < 4.78 is 5.12. The number of benzene rings is 2. The summed E-state index contributed by atoms with van der Waals surface area (Å²) >= 11 is 0. The van der Waals surface area contributed by atoms with E-state index >= 15 is 0 Å². The average molecular weight is 353 g/mol. The van der Waals surface area contributed by atoms with Crippen LogP contribution in [0.15, 0.2) is 45.6 Å². The highest BCUT2D eigenvalue weighted by atomic mass is 16.4. The summed E-state index contributed by atoms with van der Waals surface area (Å²) in [6.45, 7) is 3.72. The highest BCUT2D eigenvalue weighted by molar-refractivity contribution is 5.94. The van der Waals surface area contributed by atoms with Crippen molar-refractivity contribution in [2.45, 2.75) is 26.7 Å². The molecule has 6 heteroatoms. The molecule has 6 nitrogen and oxygen atoms in total. The van der Waals surface area contributed by atoms with Crippen LogP contribution in [0.2, 0.25) is 0 Å². The Kier molecular flexibility index (Phi) is 4.67. The van der Waals surface area contributed by atoms with Gasteiger partial charge in [-0.05, 0) is 48.7 Å². The molecule has 0 bridgehead atoms. The molecule has 0 fully saturated rings. The number of carbonyl (C=O) groups excluding carboxylic acids is 1. The summed E-state index contributed by atoms with van der Waals surface area (Å²) in [4.78, 5) is 24.6. The number of anilines is 1. The van der Waals surface area contributed by atoms with Gasteiger partial charge in [-0.3, -0.25) is 4.79 Å². The third-order valence-electron chi connectivity index (χ3n) is 4.39. The van der Waals surface area contributed by atoms with Gasteiger partial charge in [-0.25, -0.2) is 4.79 Å². The summed E-state index contributed by atoms with van der Waals surface area (Å²) in [5.41, 5.74) is 1.75. The number of fused-ring (bicyclic) bond motifs is 1. The fourth-order valence-corrected chi connectivity index (χ4v) is 2.82. The summed E-state index contributed by atoms with van der Waals surface area (Å²) in [5.74, 6) is -1.21. The Morgan fingerprint density at radius 2 is 1.81 bits per heavy atom. The first kappa shape index (κ1) is 17.5. The van der Waals surface area contributed by atoms with Crippen LogP contribution in [0.5, 0.6) is 11.5 Å². The van der Waals surface area contributed by atoms with Crippen LogP contribution in [0.4, 0.5) is 5.69 Å². The lowest BCUT2D eigenvalue weighted by Gasteiger charge is -2.10. The molecule has 0 saturated carbocycles. The molecule has 1 heterocycles. The number of phenols is 2. The minimum atomic E-state index is -0.715.